The van der Waals surface area contributed by atoms with Crippen LogP contribution in [0.1, 0.15) is 11.1 Å². The Morgan fingerprint density at radius 3 is 1.80 bits per heavy atom. The van der Waals surface area contributed by atoms with Crippen molar-refractivity contribution in [2.75, 3.05) is 0 Å². The third kappa shape index (κ3) is 2.31. The van der Waals surface area contributed by atoms with Crippen molar-refractivity contribution in [3.8, 4) is 0 Å². The van der Waals surface area contributed by atoms with Gasteiger partial charge in [-0.2, -0.15) is 0 Å². The van der Waals surface area contributed by atoms with E-state index in [9.17, 15) is 0 Å². The minimum atomic E-state index is 0.569. The summed E-state index contributed by atoms with van der Waals surface area (Å²) in [7, 11) is 9.40. The molecule has 0 fully saturated rings. The van der Waals surface area contributed by atoms with Gasteiger partial charge in [0.15, 0.2) is 0 Å². The summed E-state index contributed by atoms with van der Waals surface area (Å²) in [4.78, 5) is 0. The van der Waals surface area contributed by atoms with E-state index in [4.69, 9.17) is 20.4 Å². The summed E-state index contributed by atoms with van der Waals surface area (Å²) in [6.45, 7) is 0. The molecule has 0 bridgehead atoms. The predicted molar refractivity (Wildman–Crippen MR) is 63.1 cm³/mol. The van der Waals surface area contributed by atoms with Gasteiger partial charge in [0.25, 0.3) is 0 Å². The molecule has 2 aromatic rings. The zero-order valence-corrected chi connectivity index (χ0v) is 10.4. The molecule has 1 aliphatic rings. The van der Waals surface area contributed by atoms with Crippen LogP contribution in [-0.4, -0.2) is 0 Å². The second-order valence-electron chi connectivity index (χ2n) is 3.48. The summed E-state index contributed by atoms with van der Waals surface area (Å²) in [6.07, 6.45) is 2.47. The van der Waals surface area contributed by atoms with Gasteiger partial charge in [-0.05, 0) is 34.7 Å². The fourth-order valence-electron chi connectivity index (χ4n) is 2.19. The average molecular weight is 284 g/mol. The van der Waals surface area contributed by atoms with Crippen molar-refractivity contribution in [2.45, 2.75) is 12.8 Å². The molecule has 0 aromatic heterocycles. The van der Waals surface area contributed by atoms with Crippen LogP contribution >= 0.6 is 20.4 Å². The Bertz CT molecular complexity index is 429. The van der Waals surface area contributed by atoms with Crippen LogP contribution in [0.3, 0.4) is 0 Å². The monoisotopic (exact) mass is 282 g/mol. The van der Waals surface area contributed by atoms with Crippen LogP contribution in [0.25, 0.3) is 10.8 Å². The molecule has 1 aliphatic carbocycles. The van der Waals surface area contributed by atoms with E-state index in [1.807, 2.05) is 0 Å². The van der Waals surface area contributed by atoms with Gasteiger partial charge < -0.3 is 0 Å². The summed E-state index contributed by atoms with van der Waals surface area (Å²) in [6, 6.07) is 13.2. The summed E-state index contributed by atoms with van der Waals surface area (Å²) >= 11 is 0.569. The van der Waals surface area contributed by atoms with Crippen molar-refractivity contribution < 1.29 is 12.7 Å². The third-order valence-electron chi connectivity index (χ3n) is 2.74. The molecule has 0 saturated heterocycles. The molecule has 0 aliphatic heterocycles. The Morgan fingerprint density at radius 2 is 1.33 bits per heavy atom. The zero-order chi connectivity index (χ0) is 10.7. The molecule has 82 valence electrons. The molecular formula is C12H10Cl2Ni. The number of halogens is 2. The SMILES string of the molecule is [Cl][Ni][Cl].c1cc2c3c(cccc3c1)CC2. The number of benzene rings is 2. The molecule has 0 radical (unpaired) electrons. The van der Waals surface area contributed by atoms with Gasteiger partial charge in [-0.3, -0.25) is 0 Å². The molecule has 2 aromatic carbocycles. The molecule has 0 heterocycles. The molecule has 3 rings (SSSR count). The first-order chi connectivity index (χ1) is 7.36. The average Bonchev–Trinajstić information content (AvgIpc) is 2.66. The molecule has 0 unspecified atom stereocenters. The van der Waals surface area contributed by atoms with Crippen LogP contribution in [0.15, 0.2) is 36.4 Å². The topological polar surface area (TPSA) is 0 Å². The second kappa shape index (κ2) is 5.21. The van der Waals surface area contributed by atoms with Gasteiger partial charge in [0.1, 0.15) is 0 Å². The minimum Gasteiger partial charge on any atom is -0.0614 e. The fraction of sp³-hybridized carbons (Fsp3) is 0.167. The zero-order valence-electron chi connectivity index (χ0n) is 7.95. The number of aryl methyl sites for hydroxylation is 2. The van der Waals surface area contributed by atoms with E-state index < -0.39 is 0 Å². The van der Waals surface area contributed by atoms with Crippen molar-refractivity contribution in [1.29, 1.82) is 0 Å². The van der Waals surface area contributed by atoms with Crippen LogP contribution < -0.4 is 0 Å². The standard InChI is InChI=1S/C12H10.2ClH.Ni/c1-3-9-4-2-6-11-8-7-10(5-1)12(9)11;;;/h1-6H,7-8H2;2*1H;/q;;;+2/p-2. The molecule has 0 nitrogen and oxygen atoms in total. The van der Waals surface area contributed by atoms with E-state index in [1.54, 1.807) is 0 Å². The van der Waals surface area contributed by atoms with Gasteiger partial charge in [-0.15, -0.1) is 0 Å². The van der Waals surface area contributed by atoms with Crippen molar-refractivity contribution in [2.24, 2.45) is 0 Å². The van der Waals surface area contributed by atoms with Crippen LogP contribution in [0, 0.1) is 0 Å². The van der Waals surface area contributed by atoms with Crippen LogP contribution in [-0.2, 0) is 25.5 Å². The third-order valence-corrected chi connectivity index (χ3v) is 2.74. The molecule has 0 saturated carbocycles. The molecule has 0 amide bonds. The molecule has 3 heteroatoms. The second-order valence-corrected chi connectivity index (χ2v) is 5.11. The van der Waals surface area contributed by atoms with Gasteiger partial charge in [-0.25, -0.2) is 0 Å². The maximum atomic E-state index is 4.70. The van der Waals surface area contributed by atoms with E-state index in [2.05, 4.69) is 36.4 Å². The predicted octanol–water partition coefficient (Wildman–Crippen LogP) is 4.31. The summed E-state index contributed by atoms with van der Waals surface area (Å²) in [5.74, 6) is 0. The van der Waals surface area contributed by atoms with Crippen molar-refractivity contribution in [3.05, 3.63) is 47.5 Å². The van der Waals surface area contributed by atoms with E-state index in [-0.39, 0.29) is 0 Å². The van der Waals surface area contributed by atoms with Gasteiger partial charge in [0, 0.05) is 0 Å². The first kappa shape index (κ1) is 11.3. The maximum Gasteiger partial charge on any atom is -0.0120 e. The first-order valence-corrected chi connectivity index (χ1v) is 7.40. The minimum absolute atomic E-state index is 0.569. The fourth-order valence-corrected chi connectivity index (χ4v) is 2.19. The molecular weight excluding hydrogens is 274 g/mol. The molecule has 15 heavy (non-hydrogen) atoms. The van der Waals surface area contributed by atoms with Crippen LogP contribution in [0.2, 0.25) is 0 Å². The number of hydrogen-bond donors (Lipinski definition) is 0. The van der Waals surface area contributed by atoms with Gasteiger partial charge in [0.2, 0.25) is 0 Å². The molecule has 0 atom stereocenters. The van der Waals surface area contributed by atoms with E-state index in [0.29, 0.717) is 12.7 Å². The Hall–Kier alpha value is -0.226. The Balaban J connectivity index is 0.000000258. The van der Waals surface area contributed by atoms with Crippen molar-refractivity contribution >= 4 is 31.2 Å². The molecule has 0 N–H and O–H groups in total. The smallest absolute Gasteiger partial charge is 0.0120 e. The van der Waals surface area contributed by atoms with Gasteiger partial charge in [0.05, 0.1) is 0 Å². The summed E-state index contributed by atoms with van der Waals surface area (Å²) in [5.41, 5.74) is 3.06. The van der Waals surface area contributed by atoms with Crippen LogP contribution in [0.4, 0.5) is 0 Å². The summed E-state index contributed by atoms with van der Waals surface area (Å²) in [5, 5.41) is 2.92. The first-order valence-electron chi connectivity index (χ1n) is 4.68. The Morgan fingerprint density at radius 1 is 0.867 bits per heavy atom. The quantitative estimate of drug-likeness (QED) is 0.632. The molecule has 0 spiro atoms. The van der Waals surface area contributed by atoms with Crippen LogP contribution in [0.5, 0.6) is 0 Å². The normalized spacial score (nSPS) is 12.7. The largest absolute Gasteiger partial charge is 0.0614 e. The van der Waals surface area contributed by atoms with Crippen molar-refractivity contribution in [3.63, 3.8) is 0 Å². The van der Waals surface area contributed by atoms with E-state index in [0.717, 1.165) is 0 Å². The summed E-state index contributed by atoms with van der Waals surface area (Å²) < 4.78 is 0. The number of rotatable bonds is 0. The maximum absolute atomic E-state index is 4.70. The van der Waals surface area contributed by atoms with E-state index >= 15 is 0 Å². The Kier molecular flexibility index (Phi) is 3.91. The van der Waals surface area contributed by atoms with Gasteiger partial charge >= 0.3 is 33.0 Å². The van der Waals surface area contributed by atoms with Crippen molar-refractivity contribution in [1.82, 2.24) is 0 Å². The van der Waals surface area contributed by atoms with E-state index in [1.165, 1.54) is 34.7 Å². The Labute approximate surface area is 104 Å². The number of hydrogen-bond acceptors (Lipinski definition) is 0. The van der Waals surface area contributed by atoms with Gasteiger partial charge in [-0.1, -0.05) is 36.4 Å².